The lowest BCUT2D eigenvalue weighted by molar-refractivity contribution is 0.846. The van der Waals surface area contributed by atoms with Gasteiger partial charge in [-0.15, -0.1) is 10.2 Å². The predicted molar refractivity (Wildman–Crippen MR) is 119 cm³/mol. The number of nitrogens with zero attached hydrogens (tertiary/aromatic N) is 6. The van der Waals surface area contributed by atoms with E-state index in [1.54, 1.807) is 10.8 Å². The van der Waals surface area contributed by atoms with Gasteiger partial charge in [0.1, 0.15) is 11.0 Å². The molecule has 7 nitrogen and oxygen atoms in total. The van der Waals surface area contributed by atoms with Crippen molar-refractivity contribution in [3.63, 3.8) is 0 Å². The summed E-state index contributed by atoms with van der Waals surface area (Å²) < 4.78 is 5.39. The molecule has 0 saturated heterocycles. The van der Waals surface area contributed by atoms with E-state index in [1.807, 2.05) is 71.5 Å². The summed E-state index contributed by atoms with van der Waals surface area (Å²) in [6.07, 6.45) is 1.63. The van der Waals surface area contributed by atoms with Crippen molar-refractivity contribution in [2.24, 2.45) is 7.05 Å². The largest absolute Gasteiger partial charge is 0.322 e. The summed E-state index contributed by atoms with van der Waals surface area (Å²) in [5, 5.41) is 10.7. The van der Waals surface area contributed by atoms with Gasteiger partial charge in [0, 0.05) is 7.05 Å². The van der Waals surface area contributed by atoms with E-state index < -0.39 is 0 Å². The first kappa shape index (κ1) is 18.9. The maximum atomic E-state index is 13.4. The Morgan fingerprint density at radius 3 is 2.60 bits per heavy atom. The Labute approximate surface area is 181 Å². The van der Waals surface area contributed by atoms with Crippen LogP contribution in [0.25, 0.3) is 22.4 Å². The topological polar surface area (TPSA) is 70.0 Å². The normalized spacial score (nSPS) is 11.6. The highest BCUT2D eigenvalue weighted by atomic mass is 35.5. The van der Waals surface area contributed by atoms with E-state index in [0.717, 1.165) is 22.6 Å². The number of thioether (sulfide) groups is 1. The van der Waals surface area contributed by atoms with Crippen molar-refractivity contribution in [2.45, 2.75) is 17.8 Å². The van der Waals surface area contributed by atoms with E-state index in [-0.39, 0.29) is 5.56 Å². The van der Waals surface area contributed by atoms with Gasteiger partial charge in [0.25, 0.3) is 5.56 Å². The Morgan fingerprint density at radius 1 is 1.07 bits per heavy atom. The molecule has 2 aromatic carbocycles. The summed E-state index contributed by atoms with van der Waals surface area (Å²) in [6.45, 7) is 1.98. The molecule has 3 aromatic heterocycles. The fraction of sp³-hybridized carbons (Fsp3) is 0.143. The number of halogens is 1. The Balaban J connectivity index is 1.74. The molecule has 0 atom stereocenters. The van der Waals surface area contributed by atoms with Crippen LogP contribution in [0.15, 0.2) is 64.7 Å². The van der Waals surface area contributed by atoms with Gasteiger partial charge in [-0.05, 0) is 30.7 Å². The number of fused-ring (bicyclic) bond motifs is 3. The van der Waals surface area contributed by atoms with Crippen LogP contribution < -0.4 is 5.56 Å². The van der Waals surface area contributed by atoms with Gasteiger partial charge in [0.05, 0.1) is 28.5 Å². The van der Waals surface area contributed by atoms with Crippen LogP contribution >= 0.6 is 23.4 Å². The predicted octanol–water partition coefficient (Wildman–Crippen LogP) is 4.02. The molecular formula is C21H17ClN6OS. The van der Waals surface area contributed by atoms with E-state index >= 15 is 0 Å². The summed E-state index contributed by atoms with van der Waals surface area (Å²) in [4.78, 5) is 17.7. The summed E-state index contributed by atoms with van der Waals surface area (Å²) in [5.74, 6) is 1.88. The zero-order valence-corrected chi connectivity index (χ0v) is 17.9. The van der Waals surface area contributed by atoms with Crippen LogP contribution in [-0.4, -0.2) is 28.7 Å². The van der Waals surface area contributed by atoms with Crippen molar-refractivity contribution >= 4 is 40.0 Å². The molecule has 0 saturated carbocycles. The zero-order chi connectivity index (χ0) is 20.8. The Kier molecular flexibility index (Phi) is 4.60. The molecule has 9 heteroatoms. The molecule has 0 aliphatic heterocycles. The molecule has 3 heterocycles. The van der Waals surface area contributed by atoms with Gasteiger partial charge < -0.3 is 4.57 Å². The van der Waals surface area contributed by atoms with Crippen molar-refractivity contribution in [1.29, 1.82) is 0 Å². The van der Waals surface area contributed by atoms with Gasteiger partial charge in [0.15, 0.2) is 5.16 Å². The lowest BCUT2D eigenvalue weighted by Gasteiger charge is -2.13. The SMILES string of the molecule is Cc1ccccc1-n1c(=O)c2ccccc2n2c(SCc3ncc(Cl)n3C)nnc12. The number of rotatable bonds is 4. The fourth-order valence-electron chi connectivity index (χ4n) is 3.49. The lowest BCUT2D eigenvalue weighted by atomic mass is 10.2. The number of para-hydroxylation sites is 2. The highest BCUT2D eigenvalue weighted by Gasteiger charge is 2.19. The maximum absolute atomic E-state index is 13.4. The molecule has 5 rings (SSSR count). The minimum Gasteiger partial charge on any atom is -0.322 e. The second-order valence-corrected chi connectivity index (χ2v) is 8.24. The molecule has 0 amide bonds. The Morgan fingerprint density at radius 2 is 1.83 bits per heavy atom. The van der Waals surface area contributed by atoms with Gasteiger partial charge in [-0.2, -0.15) is 0 Å². The van der Waals surface area contributed by atoms with Crippen molar-refractivity contribution in [3.05, 3.63) is 81.6 Å². The molecule has 0 aliphatic rings. The highest BCUT2D eigenvalue weighted by molar-refractivity contribution is 7.98. The Bertz CT molecular complexity index is 1470. The van der Waals surface area contributed by atoms with Crippen molar-refractivity contribution < 1.29 is 0 Å². The van der Waals surface area contributed by atoms with Crippen molar-refractivity contribution in [1.82, 2.24) is 28.7 Å². The van der Waals surface area contributed by atoms with Crippen LogP contribution in [0.5, 0.6) is 0 Å². The van der Waals surface area contributed by atoms with E-state index in [0.29, 0.717) is 27.2 Å². The summed E-state index contributed by atoms with van der Waals surface area (Å²) in [7, 11) is 1.87. The van der Waals surface area contributed by atoms with Crippen LogP contribution in [0.1, 0.15) is 11.4 Å². The smallest absolute Gasteiger partial charge is 0.267 e. The minimum absolute atomic E-state index is 0.118. The fourth-order valence-corrected chi connectivity index (χ4v) is 4.57. The quantitative estimate of drug-likeness (QED) is 0.398. The molecule has 0 unspecified atom stereocenters. The summed E-state index contributed by atoms with van der Waals surface area (Å²) in [6, 6.07) is 15.3. The first-order valence-electron chi connectivity index (χ1n) is 9.30. The van der Waals surface area contributed by atoms with Gasteiger partial charge in [0.2, 0.25) is 5.78 Å². The van der Waals surface area contributed by atoms with Crippen LogP contribution in [0.2, 0.25) is 5.15 Å². The van der Waals surface area contributed by atoms with Crippen molar-refractivity contribution in [3.8, 4) is 5.69 Å². The van der Waals surface area contributed by atoms with Crippen molar-refractivity contribution in [2.75, 3.05) is 0 Å². The molecule has 0 N–H and O–H groups in total. The first-order chi connectivity index (χ1) is 14.6. The van der Waals surface area contributed by atoms with Gasteiger partial charge in [-0.25, -0.2) is 9.55 Å². The maximum Gasteiger partial charge on any atom is 0.267 e. The third-order valence-corrected chi connectivity index (χ3v) is 6.39. The molecule has 30 heavy (non-hydrogen) atoms. The van der Waals surface area contributed by atoms with E-state index in [4.69, 9.17) is 11.6 Å². The zero-order valence-electron chi connectivity index (χ0n) is 16.3. The standard InChI is InChI=1S/C21H17ClN6OS/c1-13-7-3-5-9-15(13)27-19(29)14-8-4-6-10-16(14)28-20(27)24-25-21(28)30-12-18-23-11-17(22)26(18)2/h3-11H,12H2,1-2H3. The monoisotopic (exact) mass is 436 g/mol. The average molecular weight is 437 g/mol. The molecular weight excluding hydrogens is 420 g/mol. The van der Waals surface area contributed by atoms with Crippen LogP contribution in [-0.2, 0) is 12.8 Å². The molecule has 0 aliphatic carbocycles. The number of hydrogen-bond acceptors (Lipinski definition) is 5. The third-order valence-electron chi connectivity index (χ3n) is 5.11. The van der Waals surface area contributed by atoms with Crippen LogP contribution in [0.4, 0.5) is 0 Å². The molecule has 150 valence electrons. The highest BCUT2D eigenvalue weighted by Crippen LogP contribution is 2.26. The molecule has 0 bridgehead atoms. The number of imidazole rings is 1. The molecule has 5 aromatic rings. The van der Waals surface area contributed by atoms with Crippen LogP contribution in [0.3, 0.4) is 0 Å². The average Bonchev–Trinajstić information content (AvgIpc) is 3.32. The van der Waals surface area contributed by atoms with Gasteiger partial charge in [-0.3, -0.25) is 9.20 Å². The minimum atomic E-state index is -0.118. The second-order valence-electron chi connectivity index (χ2n) is 6.91. The van der Waals surface area contributed by atoms with Gasteiger partial charge in [-0.1, -0.05) is 53.7 Å². The lowest BCUT2D eigenvalue weighted by Crippen LogP contribution is -2.22. The molecule has 0 fully saturated rings. The van der Waals surface area contributed by atoms with E-state index in [2.05, 4.69) is 15.2 Å². The first-order valence-corrected chi connectivity index (χ1v) is 10.7. The molecule has 0 radical (unpaired) electrons. The number of aryl methyl sites for hydroxylation is 1. The second kappa shape index (κ2) is 7.30. The van der Waals surface area contributed by atoms with E-state index in [1.165, 1.54) is 11.8 Å². The molecule has 0 spiro atoms. The number of aromatic nitrogens is 6. The number of benzene rings is 2. The van der Waals surface area contributed by atoms with E-state index in [9.17, 15) is 4.79 Å². The van der Waals surface area contributed by atoms with Crippen LogP contribution in [0, 0.1) is 6.92 Å². The summed E-state index contributed by atoms with van der Waals surface area (Å²) >= 11 is 7.60. The van der Waals surface area contributed by atoms with Gasteiger partial charge >= 0.3 is 0 Å². The number of hydrogen-bond donors (Lipinski definition) is 0. The summed E-state index contributed by atoms with van der Waals surface area (Å²) in [5.41, 5.74) is 2.43. The Hall–Kier alpha value is -3.10. The third kappa shape index (κ3) is 2.91.